The van der Waals surface area contributed by atoms with Crippen LogP contribution in [0.5, 0.6) is 0 Å². The number of benzene rings is 1. The molecule has 0 radical (unpaired) electrons. The summed E-state index contributed by atoms with van der Waals surface area (Å²) in [6.45, 7) is 9.19. The first-order valence-electron chi connectivity index (χ1n) is 10.8. The van der Waals surface area contributed by atoms with Crippen molar-refractivity contribution in [3.05, 3.63) is 59.9 Å². The molecule has 2 fully saturated rings. The average molecular weight is 407 g/mol. The first kappa shape index (κ1) is 20.4. The van der Waals surface area contributed by atoms with E-state index in [1.54, 1.807) is 6.20 Å². The molecule has 2 saturated heterocycles. The van der Waals surface area contributed by atoms with Gasteiger partial charge in [-0.1, -0.05) is 39.0 Å². The number of aromatic nitrogens is 1. The van der Waals surface area contributed by atoms with Crippen molar-refractivity contribution in [1.29, 1.82) is 0 Å². The lowest BCUT2D eigenvalue weighted by atomic mass is 9.88. The zero-order valence-electron chi connectivity index (χ0n) is 17.9. The standard InChI is InChI=1S/C24H30N4O2/c1-16(2)17(3)23(29)27-12-20(13-27)18-6-8-22(9-7-18)26-24(30)28-14-21(15-28)19-5-4-10-25-11-19/h4-11,16-17,20-21H,12-15H2,1-3H3,(H,26,30). The van der Waals surface area contributed by atoms with E-state index in [1.807, 2.05) is 41.1 Å². The summed E-state index contributed by atoms with van der Waals surface area (Å²) in [6.07, 6.45) is 3.64. The van der Waals surface area contributed by atoms with E-state index in [-0.39, 0.29) is 17.9 Å². The number of likely N-dealkylation sites (tertiary alicyclic amines) is 2. The second-order valence-electron chi connectivity index (χ2n) is 8.91. The largest absolute Gasteiger partial charge is 0.341 e. The van der Waals surface area contributed by atoms with Gasteiger partial charge in [0, 0.05) is 62.0 Å². The number of nitrogens with one attached hydrogen (secondary N) is 1. The summed E-state index contributed by atoms with van der Waals surface area (Å²) in [4.78, 5) is 32.8. The Balaban J connectivity index is 1.24. The van der Waals surface area contributed by atoms with Gasteiger partial charge in [0.1, 0.15) is 0 Å². The van der Waals surface area contributed by atoms with Crippen LogP contribution in [-0.4, -0.2) is 52.9 Å². The number of urea groups is 1. The smallest absolute Gasteiger partial charge is 0.321 e. The molecule has 1 unspecified atom stereocenters. The molecule has 2 aliphatic rings. The fourth-order valence-corrected chi connectivity index (χ4v) is 3.96. The number of hydrogen-bond donors (Lipinski definition) is 1. The SMILES string of the molecule is CC(C)C(C)C(=O)N1CC(c2ccc(NC(=O)N3CC(c4cccnc4)C3)cc2)C1. The predicted molar refractivity (Wildman–Crippen MR) is 117 cm³/mol. The number of rotatable bonds is 5. The molecule has 3 amide bonds. The van der Waals surface area contributed by atoms with Crippen molar-refractivity contribution in [2.24, 2.45) is 11.8 Å². The van der Waals surface area contributed by atoms with Crippen LogP contribution >= 0.6 is 0 Å². The normalized spacial score (nSPS) is 18.0. The molecule has 6 heteroatoms. The van der Waals surface area contributed by atoms with Crippen molar-refractivity contribution in [2.75, 3.05) is 31.5 Å². The first-order valence-corrected chi connectivity index (χ1v) is 10.8. The number of hydrogen-bond acceptors (Lipinski definition) is 3. The highest BCUT2D eigenvalue weighted by Gasteiger charge is 2.35. The molecule has 6 nitrogen and oxygen atoms in total. The summed E-state index contributed by atoms with van der Waals surface area (Å²) >= 11 is 0. The van der Waals surface area contributed by atoms with Crippen molar-refractivity contribution in [1.82, 2.24) is 14.8 Å². The lowest BCUT2D eigenvalue weighted by molar-refractivity contribution is -0.140. The highest BCUT2D eigenvalue weighted by Crippen LogP contribution is 2.31. The van der Waals surface area contributed by atoms with Crippen molar-refractivity contribution < 1.29 is 9.59 Å². The van der Waals surface area contributed by atoms with Gasteiger partial charge in [0.15, 0.2) is 0 Å². The van der Waals surface area contributed by atoms with Gasteiger partial charge in [-0.3, -0.25) is 9.78 Å². The highest BCUT2D eigenvalue weighted by molar-refractivity contribution is 5.90. The van der Waals surface area contributed by atoms with Crippen LogP contribution < -0.4 is 5.32 Å². The van der Waals surface area contributed by atoms with E-state index in [0.29, 0.717) is 17.8 Å². The Morgan fingerprint density at radius 2 is 1.57 bits per heavy atom. The minimum absolute atomic E-state index is 0.0639. The van der Waals surface area contributed by atoms with Gasteiger partial charge in [0.2, 0.25) is 5.91 Å². The zero-order valence-corrected chi connectivity index (χ0v) is 17.9. The number of nitrogens with zero attached hydrogens (tertiary/aromatic N) is 3. The van der Waals surface area contributed by atoms with Gasteiger partial charge >= 0.3 is 6.03 Å². The Hall–Kier alpha value is -2.89. The van der Waals surface area contributed by atoms with Crippen LogP contribution in [0, 0.1) is 11.8 Å². The summed E-state index contributed by atoms with van der Waals surface area (Å²) in [5.74, 6) is 1.45. The maximum absolute atomic E-state index is 12.4. The van der Waals surface area contributed by atoms with Gasteiger partial charge in [0.05, 0.1) is 0 Å². The van der Waals surface area contributed by atoms with Crippen LogP contribution in [0.15, 0.2) is 48.8 Å². The lowest BCUT2D eigenvalue weighted by Gasteiger charge is -2.41. The number of amides is 3. The lowest BCUT2D eigenvalue weighted by Crippen LogP contribution is -2.51. The third-order valence-electron chi connectivity index (χ3n) is 6.54. The first-order chi connectivity index (χ1) is 14.4. The third kappa shape index (κ3) is 4.18. The second-order valence-corrected chi connectivity index (χ2v) is 8.91. The molecular weight excluding hydrogens is 376 g/mol. The van der Waals surface area contributed by atoms with Gasteiger partial charge in [-0.15, -0.1) is 0 Å². The summed E-state index contributed by atoms with van der Waals surface area (Å²) in [5, 5.41) is 2.98. The van der Waals surface area contributed by atoms with Gasteiger partial charge < -0.3 is 15.1 Å². The second kappa shape index (κ2) is 8.46. The molecule has 1 N–H and O–H groups in total. The van der Waals surface area contributed by atoms with Gasteiger partial charge in [0.25, 0.3) is 0 Å². The minimum atomic E-state index is -0.0639. The fourth-order valence-electron chi connectivity index (χ4n) is 3.96. The van der Waals surface area contributed by atoms with E-state index in [9.17, 15) is 9.59 Å². The summed E-state index contributed by atoms with van der Waals surface area (Å²) in [5.41, 5.74) is 3.20. The number of pyridine rings is 1. The highest BCUT2D eigenvalue weighted by atomic mass is 16.2. The summed E-state index contributed by atoms with van der Waals surface area (Å²) < 4.78 is 0. The van der Waals surface area contributed by atoms with Crippen LogP contribution in [0.1, 0.15) is 43.7 Å². The van der Waals surface area contributed by atoms with E-state index in [4.69, 9.17) is 0 Å². The van der Waals surface area contributed by atoms with E-state index in [2.05, 4.69) is 42.3 Å². The van der Waals surface area contributed by atoms with E-state index >= 15 is 0 Å². The predicted octanol–water partition coefficient (Wildman–Crippen LogP) is 3.93. The molecule has 158 valence electrons. The maximum Gasteiger partial charge on any atom is 0.321 e. The number of carbonyl (C=O) groups is 2. The molecule has 1 aromatic carbocycles. The van der Waals surface area contributed by atoms with Crippen molar-refractivity contribution in [2.45, 2.75) is 32.6 Å². The van der Waals surface area contributed by atoms with E-state index < -0.39 is 0 Å². The number of anilines is 1. The Morgan fingerprint density at radius 3 is 2.17 bits per heavy atom. The molecule has 1 aromatic heterocycles. The maximum atomic E-state index is 12.4. The summed E-state index contributed by atoms with van der Waals surface area (Å²) in [7, 11) is 0. The fraction of sp³-hybridized carbons (Fsp3) is 0.458. The molecule has 3 heterocycles. The quantitative estimate of drug-likeness (QED) is 0.818. The molecule has 2 aromatic rings. The summed E-state index contributed by atoms with van der Waals surface area (Å²) in [6, 6.07) is 11.9. The van der Waals surface area contributed by atoms with Crippen molar-refractivity contribution >= 4 is 17.6 Å². The topological polar surface area (TPSA) is 65.5 Å². The number of carbonyl (C=O) groups excluding carboxylic acids is 2. The van der Waals surface area contributed by atoms with Crippen LogP contribution in [0.25, 0.3) is 0 Å². The Morgan fingerprint density at radius 1 is 0.933 bits per heavy atom. The molecule has 0 saturated carbocycles. The minimum Gasteiger partial charge on any atom is -0.341 e. The van der Waals surface area contributed by atoms with Gasteiger partial charge in [-0.25, -0.2) is 4.79 Å². The Kier molecular flexibility index (Phi) is 5.75. The molecule has 1 atom stereocenters. The molecular formula is C24H30N4O2. The monoisotopic (exact) mass is 406 g/mol. The van der Waals surface area contributed by atoms with Gasteiger partial charge in [-0.2, -0.15) is 0 Å². The van der Waals surface area contributed by atoms with Crippen LogP contribution in [-0.2, 0) is 4.79 Å². The van der Waals surface area contributed by atoms with Crippen molar-refractivity contribution in [3.8, 4) is 0 Å². The zero-order chi connectivity index (χ0) is 21.3. The molecule has 4 rings (SSSR count). The molecule has 2 aliphatic heterocycles. The van der Waals surface area contributed by atoms with E-state index in [1.165, 1.54) is 11.1 Å². The van der Waals surface area contributed by atoms with Gasteiger partial charge in [-0.05, 0) is 35.2 Å². The van der Waals surface area contributed by atoms with E-state index in [0.717, 1.165) is 31.9 Å². The van der Waals surface area contributed by atoms with Crippen molar-refractivity contribution in [3.63, 3.8) is 0 Å². The Labute approximate surface area is 178 Å². The molecule has 0 bridgehead atoms. The molecule has 30 heavy (non-hydrogen) atoms. The Bertz CT molecular complexity index is 885. The molecule has 0 aliphatic carbocycles. The van der Waals surface area contributed by atoms with Crippen LogP contribution in [0.4, 0.5) is 10.5 Å². The average Bonchev–Trinajstić information content (AvgIpc) is 2.67. The molecule has 0 spiro atoms. The third-order valence-corrected chi connectivity index (χ3v) is 6.54. The van der Waals surface area contributed by atoms with Crippen LogP contribution in [0.3, 0.4) is 0 Å². The van der Waals surface area contributed by atoms with Crippen LogP contribution in [0.2, 0.25) is 0 Å².